The van der Waals surface area contributed by atoms with Gasteiger partial charge in [-0.1, -0.05) is 85.2 Å². The molecule has 4 aliphatic rings. The number of aromatic nitrogens is 1. The first-order valence-electron chi connectivity index (χ1n) is 31.7. The first kappa shape index (κ1) is 72.0. The smallest absolute Gasteiger partial charge is 0.253 e. The van der Waals surface area contributed by atoms with Crippen molar-refractivity contribution in [3.8, 4) is 0 Å². The van der Waals surface area contributed by atoms with E-state index in [1.165, 1.54) is 0 Å². The fourth-order valence-corrected chi connectivity index (χ4v) is 13.0. The molecule has 502 valence electrons. The lowest BCUT2D eigenvalue weighted by Gasteiger charge is -2.32. The standard InChI is InChI=1S/C66H86N10O16S/c1-8-35(4)59-64(91)68-29-54(84)70-48-33-93-65-46(45-11-9-10-12-47(45)71-65)25-40(62(89)67-30-55(85)73-59)26-52(82)60(38(7)37(6)32-77)74-63(90)49-28-44(79)31-76(49)66(92)41(27-50(48)80)24-43(78)18-15-39-13-16-42(17-14-39)69-61(88)36(5)23-51(81)58(34(2)3)72-53(83)21-22-75-56(86)19-20-57(75)87/h9-14,16-17,19-20,34-38,40-41,44,48-49,58-60,71,77,79H,8,15,18,21-33H2,1-7H3,(H,67,89)(H,68,91)(H,69,88)(H,70,84)(H,72,83)(H,73,85)(H,74,90)/t35-,36+,37-,38-,40?,41+,44?,48?,49-,58?,59-,60-/m0/s1. The summed E-state index contributed by atoms with van der Waals surface area (Å²) in [6, 6.07) is 7.34. The van der Waals surface area contributed by atoms with Gasteiger partial charge >= 0.3 is 0 Å². The van der Waals surface area contributed by atoms with Crippen LogP contribution >= 0.6 is 11.8 Å². The Bertz CT molecular complexity index is 3370. The molecular weight excluding hydrogens is 1220 g/mol. The van der Waals surface area contributed by atoms with Crippen molar-refractivity contribution in [2.24, 2.45) is 41.4 Å². The average Bonchev–Trinajstić information content (AvgIpc) is 1.69. The van der Waals surface area contributed by atoms with Crippen LogP contribution in [-0.2, 0) is 80.0 Å². The Morgan fingerprint density at radius 1 is 0.753 bits per heavy atom. The van der Waals surface area contributed by atoms with Crippen LogP contribution in [-0.4, -0.2) is 182 Å². The van der Waals surface area contributed by atoms with Crippen molar-refractivity contribution >= 4 is 111 Å². The summed E-state index contributed by atoms with van der Waals surface area (Å²) in [5.74, 6) is -14.9. The lowest BCUT2D eigenvalue weighted by molar-refractivity contribution is -0.145. The molecule has 0 spiro atoms. The summed E-state index contributed by atoms with van der Waals surface area (Å²) in [4.78, 5) is 199. The zero-order chi connectivity index (χ0) is 68.0. The monoisotopic (exact) mass is 1310 g/mol. The molecular formula is C66H86N10O16S. The van der Waals surface area contributed by atoms with Gasteiger partial charge in [-0.05, 0) is 65.8 Å². The van der Waals surface area contributed by atoms with Crippen LogP contribution in [0.15, 0.2) is 65.7 Å². The minimum absolute atomic E-state index is 0.119. The molecule has 2 aromatic carbocycles. The fourth-order valence-electron chi connectivity index (χ4n) is 11.9. The van der Waals surface area contributed by atoms with Crippen molar-refractivity contribution in [3.63, 3.8) is 0 Å². The number of benzene rings is 2. The van der Waals surface area contributed by atoms with E-state index in [9.17, 15) is 67.7 Å². The van der Waals surface area contributed by atoms with E-state index in [-0.39, 0.29) is 56.7 Å². The number of H-pyrrole nitrogens is 1. The number of aliphatic hydroxyl groups excluding tert-OH is 2. The molecule has 4 unspecified atom stereocenters. The van der Waals surface area contributed by atoms with Crippen molar-refractivity contribution in [3.05, 3.63) is 71.8 Å². The number of fused-ring (bicyclic) bond motifs is 5. The summed E-state index contributed by atoms with van der Waals surface area (Å²) >= 11 is 1.11. The predicted molar refractivity (Wildman–Crippen MR) is 341 cm³/mol. The Morgan fingerprint density at radius 3 is 2.09 bits per heavy atom. The Morgan fingerprint density at radius 2 is 1.42 bits per heavy atom. The van der Waals surface area contributed by atoms with E-state index in [4.69, 9.17) is 0 Å². The van der Waals surface area contributed by atoms with Gasteiger partial charge in [0.05, 0.1) is 48.3 Å². The second kappa shape index (κ2) is 32.9. The summed E-state index contributed by atoms with van der Waals surface area (Å²) in [6.45, 7) is 9.62. The number of Topliss-reactive ketones (excluding diaryl/α,β-unsaturated/α-hetero) is 4. The molecule has 4 aliphatic heterocycles. The summed E-state index contributed by atoms with van der Waals surface area (Å²) < 4.78 is 0. The van der Waals surface area contributed by atoms with Gasteiger partial charge in [-0.25, -0.2) is 0 Å². The maximum absolute atomic E-state index is 15.2. The molecule has 26 nitrogen and oxygen atoms in total. The van der Waals surface area contributed by atoms with Crippen LogP contribution in [0.25, 0.3) is 10.9 Å². The van der Waals surface area contributed by atoms with E-state index in [2.05, 4.69) is 42.2 Å². The quantitative estimate of drug-likeness (QED) is 0.0717. The number of thioether (sulfide) groups is 1. The molecule has 1 fully saturated rings. The number of amides is 10. The highest BCUT2D eigenvalue weighted by Crippen LogP contribution is 2.35. The number of aryl methyl sites for hydroxylation is 1. The number of imide groups is 1. The number of nitrogens with one attached hydrogen (secondary N) is 8. The summed E-state index contributed by atoms with van der Waals surface area (Å²) in [7, 11) is 0. The molecule has 93 heavy (non-hydrogen) atoms. The molecule has 10 amide bonds. The lowest BCUT2D eigenvalue weighted by atomic mass is 9.83. The largest absolute Gasteiger partial charge is 0.396 e. The number of anilines is 1. The van der Waals surface area contributed by atoms with Crippen LogP contribution < -0.4 is 37.2 Å². The molecule has 1 aromatic heterocycles. The number of ketones is 4. The topological polar surface area (TPSA) is 386 Å². The van der Waals surface area contributed by atoms with Gasteiger partial charge in [0.15, 0.2) is 17.3 Å². The molecule has 10 N–H and O–H groups in total. The van der Waals surface area contributed by atoms with E-state index < -0.39 is 200 Å². The Labute approximate surface area is 543 Å². The van der Waals surface area contributed by atoms with Gasteiger partial charge in [0.25, 0.3) is 11.8 Å². The maximum atomic E-state index is 15.2. The highest BCUT2D eigenvalue weighted by Gasteiger charge is 2.45. The van der Waals surface area contributed by atoms with Crippen molar-refractivity contribution in [1.29, 1.82) is 0 Å². The van der Waals surface area contributed by atoms with Crippen molar-refractivity contribution in [2.45, 2.75) is 154 Å². The van der Waals surface area contributed by atoms with Crippen LogP contribution in [0.2, 0.25) is 0 Å². The average molecular weight is 1310 g/mol. The SMILES string of the molecule is CC[C@H](C)[C@@H]1NC(=O)CNC(=O)C2CC(=O)[C@H]([C@@H](C)[C@@H](C)CO)NC(=O)[C@@H]3CC(O)CN3C(=O)[C@H](CC(=O)CCc3ccc(NC(=O)[C@H](C)CC(=O)C(NC(=O)CCN4C(=O)C=CC4=O)C(C)C)cc3)CC(=O)C(CSc3[nH]c4ccccc4c3C2)NC(=O)CNC1=O. The van der Waals surface area contributed by atoms with Gasteiger partial charge in [0, 0.05) is 111 Å². The minimum Gasteiger partial charge on any atom is -0.396 e. The highest BCUT2D eigenvalue weighted by atomic mass is 32.2. The number of hydrogen-bond acceptors (Lipinski definition) is 17. The molecule has 1 saturated heterocycles. The van der Waals surface area contributed by atoms with Gasteiger partial charge in [-0.2, -0.15) is 0 Å². The van der Waals surface area contributed by atoms with Crippen molar-refractivity contribution in [1.82, 2.24) is 46.7 Å². The summed E-state index contributed by atoms with van der Waals surface area (Å²) in [6.07, 6.45) is -1.23. The normalized spacial score (nSPS) is 24.0. The first-order valence-corrected chi connectivity index (χ1v) is 32.7. The van der Waals surface area contributed by atoms with Crippen LogP contribution in [0.5, 0.6) is 0 Å². The molecule has 7 rings (SSSR count). The number of hydrogen-bond donors (Lipinski definition) is 10. The van der Waals surface area contributed by atoms with Crippen LogP contribution in [0.1, 0.15) is 111 Å². The number of rotatable bonds is 20. The number of carbonyl (C=O) groups is 14. The van der Waals surface area contributed by atoms with E-state index in [1.54, 1.807) is 97.0 Å². The van der Waals surface area contributed by atoms with E-state index in [1.807, 2.05) is 0 Å². The lowest BCUT2D eigenvalue weighted by Crippen LogP contribution is -2.56. The second-order valence-corrected chi connectivity index (χ2v) is 26.3. The summed E-state index contributed by atoms with van der Waals surface area (Å²) in [5.41, 5.74) is 2.18. The van der Waals surface area contributed by atoms with Gasteiger partial charge in [-0.3, -0.25) is 72.0 Å². The Kier molecular flexibility index (Phi) is 25.5. The molecule has 0 aliphatic carbocycles. The molecule has 5 heterocycles. The Hall–Kier alpha value is -8.43. The van der Waals surface area contributed by atoms with Gasteiger partial charge in [0.2, 0.25) is 47.3 Å². The molecule has 12 atom stereocenters. The third-order valence-electron chi connectivity index (χ3n) is 18.0. The summed E-state index contributed by atoms with van der Waals surface area (Å²) in [5, 5.41) is 41.5. The third-order valence-corrected chi connectivity index (χ3v) is 19.1. The number of aromatic amines is 1. The number of nitrogens with zero attached hydrogens (tertiary/aromatic N) is 2. The highest BCUT2D eigenvalue weighted by molar-refractivity contribution is 7.99. The number of para-hydroxylation sites is 1. The molecule has 27 heteroatoms. The molecule has 0 saturated carbocycles. The number of carbonyl (C=O) groups excluding carboxylic acids is 14. The Balaban J connectivity index is 1.14. The van der Waals surface area contributed by atoms with Gasteiger partial charge < -0.3 is 57.3 Å². The van der Waals surface area contributed by atoms with E-state index >= 15 is 9.59 Å². The van der Waals surface area contributed by atoms with E-state index in [0.29, 0.717) is 39.2 Å². The maximum Gasteiger partial charge on any atom is 0.253 e. The second-order valence-electron chi connectivity index (χ2n) is 25.3. The van der Waals surface area contributed by atoms with Crippen molar-refractivity contribution < 1.29 is 77.3 Å². The van der Waals surface area contributed by atoms with Crippen molar-refractivity contribution in [2.75, 3.05) is 43.9 Å². The first-order chi connectivity index (χ1) is 44.2. The zero-order valence-electron chi connectivity index (χ0n) is 53.5. The van der Waals surface area contributed by atoms with Gasteiger partial charge in [-0.15, -0.1) is 11.8 Å². The van der Waals surface area contributed by atoms with Crippen LogP contribution in [0.4, 0.5) is 5.69 Å². The predicted octanol–water partition coefficient (Wildman–Crippen LogP) is 1.52. The molecule has 2 bridgehead atoms. The molecule has 0 radical (unpaired) electrons. The molecule has 3 aromatic rings. The fraction of sp³-hybridized carbons (Fsp3) is 0.545. The zero-order valence-corrected chi connectivity index (χ0v) is 54.3. The van der Waals surface area contributed by atoms with Crippen LogP contribution in [0.3, 0.4) is 0 Å². The minimum atomic E-state index is -1.47. The van der Waals surface area contributed by atoms with Gasteiger partial charge in [0.1, 0.15) is 17.9 Å². The van der Waals surface area contributed by atoms with Crippen LogP contribution in [0, 0.1) is 41.4 Å². The number of aliphatic hydroxyl groups is 2. The third kappa shape index (κ3) is 19.1. The van der Waals surface area contributed by atoms with E-state index in [0.717, 1.165) is 33.7 Å².